The van der Waals surface area contributed by atoms with Gasteiger partial charge in [0.1, 0.15) is 11.6 Å². The number of furan rings is 1. The molecular weight excluding hydrogens is 339 g/mol. The number of nitrogens with one attached hydrogen (secondary N) is 2. The minimum atomic E-state index is -0.374. The van der Waals surface area contributed by atoms with Crippen LogP contribution in [0.3, 0.4) is 0 Å². The van der Waals surface area contributed by atoms with Gasteiger partial charge >= 0.3 is 0 Å². The molecule has 0 spiro atoms. The van der Waals surface area contributed by atoms with E-state index in [2.05, 4.69) is 10.6 Å². The van der Waals surface area contributed by atoms with Crippen molar-refractivity contribution in [3.05, 3.63) is 78.5 Å². The van der Waals surface area contributed by atoms with Crippen molar-refractivity contribution in [2.45, 2.75) is 0 Å². The van der Waals surface area contributed by atoms with Gasteiger partial charge in [0.25, 0.3) is 11.8 Å². The summed E-state index contributed by atoms with van der Waals surface area (Å²) >= 11 is 0. The van der Waals surface area contributed by atoms with E-state index in [4.69, 9.17) is 9.15 Å². The Morgan fingerprint density at radius 1 is 0.923 bits per heavy atom. The van der Waals surface area contributed by atoms with E-state index in [1.54, 1.807) is 36.4 Å². The smallest absolute Gasteiger partial charge is 0.291 e. The fourth-order valence-corrected chi connectivity index (χ4v) is 2.11. The number of carbonyl (C=O) groups excluding carboxylic acids is 2. The zero-order valence-corrected chi connectivity index (χ0v) is 13.6. The van der Waals surface area contributed by atoms with Crippen molar-refractivity contribution in [1.82, 2.24) is 0 Å². The predicted octanol–water partition coefficient (Wildman–Crippen LogP) is 3.69. The molecule has 2 aromatic carbocycles. The highest BCUT2D eigenvalue weighted by Crippen LogP contribution is 2.15. The maximum absolute atomic E-state index is 12.8. The average molecular weight is 354 g/mol. The first kappa shape index (κ1) is 17.2. The molecule has 0 saturated carbocycles. The molecule has 1 aromatic heterocycles. The zero-order chi connectivity index (χ0) is 18.4. The lowest BCUT2D eigenvalue weighted by molar-refractivity contribution is -0.118. The SMILES string of the molecule is O=C(COc1ccc(F)cc1)Nc1ccc(NC(=O)c2ccco2)cc1. The number of halogens is 1. The average Bonchev–Trinajstić information content (AvgIpc) is 3.18. The Morgan fingerprint density at radius 2 is 1.58 bits per heavy atom. The molecule has 0 atom stereocenters. The van der Waals surface area contributed by atoms with Crippen LogP contribution in [0.2, 0.25) is 0 Å². The van der Waals surface area contributed by atoms with Crippen molar-refractivity contribution >= 4 is 23.2 Å². The van der Waals surface area contributed by atoms with Gasteiger partial charge in [-0.3, -0.25) is 9.59 Å². The zero-order valence-electron chi connectivity index (χ0n) is 13.6. The van der Waals surface area contributed by atoms with E-state index in [-0.39, 0.29) is 30.0 Å². The van der Waals surface area contributed by atoms with Gasteiger partial charge in [0.05, 0.1) is 6.26 Å². The van der Waals surface area contributed by atoms with E-state index in [0.29, 0.717) is 17.1 Å². The van der Waals surface area contributed by atoms with Crippen LogP contribution in [0.25, 0.3) is 0 Å². The van der Waals surface area contributed by atoms with Crippen LogP contribution >= 0.6 is 0 Å². The van der Waals surface area contributed by atoms with Gasteiger partial charge < -0.3 is 19.8 Å². The van der Waals surface area contributed by atoms with Gasteiger partial charge in [0.15, 0.2) is 12.4 Å². The van der Waals surface area contributed by atoms with Crippen molar-refractivity contribution < 1.29 is 23.1 Å². The van der Waals surface area contributed by atoms with E-state index in [1.165, 1.54) is 30.5 Å². The van der Waals surface area contributed by atoms with Gasteiger partial charge in [0.2, 0.25) is 0 Å². The Kier molecular flexibility index (Phi) is 5.28. The minimum absolute atomic E-state index is 0.206. The summed E-state index contributed by atoms with van der Waals surface area (Å²) in [5.74, 6) is -0.486. The van der Waals surface area contributed by atoms with Crippen LogP contribution in [-0.4, -0.2) is 18.4 Å². The topological polar surface area (TPSA) is 80.6 Å². The fourth-order valence-electron chi connectivity index (χ4n) is 2.11. The van der Waals surface area contributed by atoms with E-state index in [1.807, 2.05) is 0 Å². The van der Waals surface area contributed by atoms with Gasteiger partial charge in [-0.1, -0.05) is 0 Å². The molecule has 2 N–H and O–H groups in total. The Morgan fingerprint density at radius 3 is 2.19 bits per heavy atom. The van der Waals surface area contributed by atoms with E-state index in [9.17, 15) is 14.0 Å². The summed E-state index contributed by atoms with van der Waals surface area (Å²) in [6, 6.07) is 15.2. The predicted molar refractivity (Wildman–Crippen MR) is 93.6 cm³/mol. The summed E-state index contributed by atoms with van der Waals surface area (Å²) < 4.78 is 23.1. The number of carbonyl (C=O) groups is 2. The van der Waals surface area contributed by atoms with Crippen molar-refractivity contribution in [2.24, 2.45) is 0 Å². The molecule has 0 aliphatic heterocycles. The Balaban J connectivity index is 1.49. The number of rotatable bonds is 6. The Hall–Kier alpha value is -3.61. The highest BCUT2D eigenvalue weighted by atomic mass is 19.1. The summed E-state index contributed by atoms with van der Waals surface area (Å²) in [5, 5.41) is 5.34. The lowest BCUT2D eigenvalue weighted by Crippen LogP contribution is -2.20. The van der Waals surface area contributed by atoms with E-state index < -0.39 is 0 Å². The molecular formula is C19H15FN2O4. The van der Waals surface area contributed by atoms with Crippen molar-refractivity contribution in [3.63, 3.8) is 0 Å². The third kappa shape index (κ3) is 4.70. The van der Waals surface area contributed by atoms with Crippen molar-refractivity contribution in [3.8, 4) is 5.75 Å². The lowest BCUT2D eigenvalue weighted by atomic mass is 10.2. The van der Waals surface area contributed by atoms with Gasteiger partial charge in [-0.25, -0.2) is 4.39 Å². The van der Waals surface area contributed by atoms with Crippen LogP contribution in [-0.2, 0) is 4.79 Å². The van der Waals surface area contributed by atoms with Gasteiger partial charge in [0, 0.05) is 11.4 Å². The van der Waals surface area contributed by atoms with Gasteiger partial charge in [-0.05, 0) is 60.7 Å². The normalized spacial score (nSPS) is 10.2. The first-order valence-electron chi connectivity index (χ1n) is 7.73. The summed E-state index contributed by atoms with van der Waals surface area (Å²) in [5.41, 5.74) is 1.11. The number of amides is 2. The molecule has 0 saturated heterocycles. The van der Waals surface area contributed by atoms with Crippen LogP contribution in [0.1, 0.15) is 10.6 Å². The van der Waals surface area contributed by atoms with Crippen LogP contribution in [0.5, 0.6) is 5.75 Å². The largest absolute Gasteiger partial charge is 0.484 e. The molecule has 0 radical (unpaired) electrons. The Labute approximate surface area is 148 Å². The van der Waals surface area contributed by atoms with Crippen LogP contribution in [0.4, 0.5) is 15.8 Å². The third-order valence-corrected chi connectivity index (χ3v) is 3.36. The van der Waals surface area contributed by atoms with Crippen molar-refractivity contribution in [1.29, 1.82) is 0 Å². The molecule has 1 heterocycles. The first-order chi connectivity index (χ1) is 12.6. The van der Waals surface area contributed by atoms with E-state index in [0.717, 1.165) is 0 Å². The highest BCUT2D eigenvalue weighted by Gasteiger charge is 2.09. The molecule has 2 amide bonds. The first-order valence-corrected chi connectivity index (χ1v) is 7.73. The number of hydrogen-bond donors (Lipinski definition) is 2. The molecule has 3 aromatic rings. The number of ether oxygens (including phenoxy) is 1. The minimum Gasteiger partial charge on any atom is -0.484 e. The molecule has 0 unspecified atom stereocenters. The number of benzene rings is 2. The summed E-state index contributed by atoms with van der Waals surface area (Å²) in [6.45, 7) is -0.206. The fraction of sp³-hybridized carbons (Fsp3) is 0.0526. The molecule has 0 aliphatic rings. The third-order valence-electron chi connectivity index (χ3n) is 3.36. The molecule has 0 aliphatic carbocycles. The number of anilines is 2. The summed E-state index contributed by atoms with van der Waals surface area (Å²) in [6.07, 6.45) is 1.42. The van der Waals surface area contributed by atoms with Crippen LogP contribution < -0.4 is 15.4 Å². The highest BCUT2D eigenvalue weighted by molar-refractivity contribution is 6.02. The second-order valence-electron chi connectivity index (χ2n) is 5.30. The van der Waals surface area contributed by atoms with Crippen LogP contribution in [0, 0.1) is 5.82 Å². The molecule has 3 rings (SSSR count). The standard InChI is InChI=1S/C19H15FN2O4/c20-13-3-9-16(10-4-13)26-12-18(23)21-14-5-7-15(8-6-14)22-19(24)17-2-1-11-25-17/h1-11H,12H2,(H,21,23)(H,22,24). The summed E-state index contributed by atoms with van der Waals surface area (Å²) in [4.78, 5) is 23.7. The quantitative estimate of drug-likeness (QED) is 0.707. The maximum atomic E-state index is 12.8. The second-order valence-corrected chi connectivity index (χ2v) is 5.30. The molecule has 132 valence electrons. The van der Waals surface area contributed by atoms with Crippen LogP contribution in [0.15, 0.2) is 71.3 Å². The monoisotopic (exact) mass is 354 g/mol. The molecule has 7 heteroatoms. The molecule has 0 fully saturated rings. The Bertz CT molecular complexity index is 875. The molecule has 6 nitrogen and oxygen atoms in total. The molecule has 0 bridgehead atoms. The summed E-state index contributed by atoms with van der Waals surface area (Å²) in [7, 11) is 0. The molecule has 26 heavy (non-hydrogen) atoms. The van der Waals surface area contributed by atoms with Gasteiger partial charge in [-0.15, -0.1) is 0 Å². The maximum Gasteiger partial charge on any atom is 0.291 e. The van der Waals surface area contributed by atoms with Gasteiger partial charge in [-0.2, -0.15) is 0 Å². The van der Waals surface area contributed by atoms with Crippen molar-refractivity contribution in [2.75, 3.05) is 17.2 Å². The number of hydrogen-bond acceptors (Lipinski definition) is 4. The lowest BCUT2D eigenvalue weighted by Gasteiger charge is -2.08. The van der Waals surface area contributed by atoms with E-state index >= 15 is 0 Å². The second kappa shape index (κ2) is 7.98.